The summed E-state index contributed by atoms with van der Waals surface area (Å²) in [5.74, 6) is -1.10. The number of nitrogens with zero attached hydrogens (tertiary/aromatic N) is 2. The second-order valence-electron chi connectivity index (χ2n) is 5.49. The molecular weight excluding hydrogens is 387 g/mol. The number of rotatable bonds is 3. The van der Waals surface area contributed by atoms with Crippen molar-refractivity contribution >= 4 is 46.7 Å². The number of ether oxygens (including phenoxy) is 1. The van der Waals surface area contributed by atoms with Crippen LogP contribution in [0, 0.1) is 0 Å². The number of amides is 1. The van der Waals surface area contributed by atoms with Gasteiger partial charge in [-0.2, -0.15) is 0 Å². The first-order valence-corrected chi connectivity index (χ1v) is 8.62. The molecule has 0 atom stereocenters. The number of pyridine rings is 1. The van der Waals surface area contributed by atoms with Gasteiger partial charge in [0.25, 0.3) is 5.91 Å². The van der Waals surface area contributed by atoms with Crippen LogP contribution < -0.4 is 0 Å². The molecule has 8 heteroatoms. The molecule has 0 saturated carbocycles. The average molecular weight is 400 g/mol. The van der Waals surface area contributed by atoms with Crippen molar-refractivity contribution in [2.45, 2.75) is 13.0 Å². The molecule has 0 unspecified atom stereocenters. The van der Waals surface area contributed by atoms with Gasteiger partial charge in [0.2, 0.25) is 0 Å². The van der Waals surface area contributed by atoms with Gasteiger partial charge in [0, 0.05) is 19.3 Å². The van der Waals surface area contributed by atoms with Crippen molar-refractivity contribution in [1.29, 1.82) is 0 Å². The normalized spacial score (nSPS) is 13.3. The summed E-state index contributed by atoms with van der Waals surface area (Å²) < 4.78 is 5.03. The largest absolute Gasteiger partial charge is 0.451 e. The molecule has 1 aliphatic heterocycles. The highest BCUT2D eigenvalue weighted by atomic mass is 35.5. The molecule has 5 nitrogen and oxygen atoms in total. The lowest BCUT2D eigenvalue weighted by Crippen LogP contribution is -2.38. The number of carbonyl (C=O) groups is 2. The highest BCUT2D eigenvalue weighted by Gasteiger charge is 2.23. The van der Waals surface area contributed by atoms with E-state index in [9.17, 15) is 9.59 Å². The van der Waals surface area contributed by atoms with Crippen molar-refractivity contribution in [1.82, 2.24) is 9.88 Å². The first-order chi connectivity index (χ1) is 12.0. The predicted molar refractivity (Wildman–Crippen MR) is 95.1 cm³/mol. The van der Waals surface area contributed by atoms with E-state index in [0.29, 0.717) is 13.1 Å². The smallest absolute Gasteiger partial charge is 0.359 e. The Balaban J connectivity index is 1.61. The van der Waals surface area contributed by atoms with Gasteiger partial charge in [0.05, 0.1) is 15.1 Å². The van der Waals surface area contributed by atoms with E-state index < -0.39 is 5.97 Å². The minimum atomic E-state index is -0.825. The average Bonchev–Trinajstić information content (AvgIpc) is 2.63. The Bertz CT molecular complexity index is 842. The Hall–Kier alpha value is -1.82. The van der Waals surface area contributed by atoms with E-state index >= 15 is 0 Å². The van der Waals surface area contributed by atoms with Crippen molar-refractivity contribution in [3.05, 3.63) is 62.4 Å². The number of benzene rings is 1. The van der Waals surface area contributed by atoms with Gasteiger partial charge in [-0.25, -0.2) is 9.78 Å². The molecule has 0 fully saturated rings. The van der Waals surface area contributed by atoms with Crippen LogP contribution in [0.5, 0.6) is 0 Å². The highest BCUT2D eigenvalue weighted by molar-refractivity contribution is 6.48. The Kier molecular flexibility index (Phi) is 5.47. The van der Waals surface area contributed by atoms with E-state index in [1.807, 2.05) is 18.2 Å². The zero-order valence-electron chi connectivity index (χ0n) is 13.0. The molecule has 1 amide bonds. The zero-order chi connectivity index (χ0) is 18.0. The van der Waals surface area contributed by atoms with Crippen molar-refractivity contribution in [2.24, 2.45) is 0 Å². The molecule has 0 bridgehead atoms. The molecule has 0 spiro atoms. The molecule has 2 heterocycles. The summed E-state index contributed by atoms with van der Waals surface area (Å²) in [6, 6.07) is 7.95. The maximum absolute atomic E-state index is 12.3. The van der Waals surface area contributed by atoms with Gasteiger partial charge in [0.15, 0.2) is 12.3 Å². The van der Waals surface area contributed by atoms with Crippen molar-refractivity contribution < 1.29 is 14.3 Å². The lowest BCUT2D eigenvalue weighted by atomic mass is 10.00. The third-order valence-corrected chi connectivity index (χ3v) is 5.16. The molecule has 130 valence electrons. The van der Waals surface area contributed by atoms with Crippen LogP contribution in [-0.4, -0.2) is 34.9 Å². The van der Waals surface area contributed by atoms with Gasteiger partial charge in [-0.3, -0.25) is 4.79 Å². The molecule has 2 aromatic rings. The van der Waals surface area contributed by atoms with Crippen LogP contribution in [0.4, 0.5) is 0 Å². The Morgan fingerprint density at radius 2 is 1.84 bits per heavy atom. The van der Waals surface area contributed by atoms with Gasteiger partial charge in [-0.1, -0.05) is 59.1 Å². The Morgan fingerprint density at radius 1 is 1.12 bits per heavy atom. The first kappa shape index (κ1) is 18.0. The standard InChI is InChI=1S/C17H13Cl3N2O3/c18-12-7-21-16(15(20)14(12)19)17(24)25-9-13(23)22-6-5-10-3-1-2-4-11(10)8-22/h1-4,7H,5-6,8-9H2. The quantitative estimate of drug-likeness (QED) is 0.737. The fourth-order valence-electron chi connectivity index (χ4n) is 2.58. The van der Waals surface area contributed by atoms with Crippen molar-refractivity contribution in [3.8, 4) is 0 Å². The number of halogens is 3. The minimum absolute atomic E-state index is 0.0178. The van der Waals surface area contributed by atoms with Crippen molar-refractivity contribution in [2.75, 3.05) is 13.2 Å². The maximum atomic E-state index is 12.3. The third-order valence-electron chi connectivity index (χ3n) is 3.92. The molecular formula is C17H13Cl3N2O3. The predicted octanol–water partition coefficient (Wildman–Crippen LogP) is 3.78. The van der Waals surface area contributed by atoms with Crippen LogP contribution in [0.2, 0.25) is 15.1 Å². The van der Waals surface area contributed by atoms with E-state index in [2.05, 4.69) is 11.1 Å². The minimum Gasteiger partial charge on any atom is -0.451 e. The Labute approximate surface area is 159 Å². The third kappa shape index (κ3) is 3.89. The molecule has 1 aliphatic rings. The summed E-state index contributed by atoms with van der Waals surface area (Å²) in [4.78, 5) is 29.8. The van der Waals surface area contributed by atoms with Crippen LogP contribution in [0.1, 0.15) is 21.6 Å². The van der Waals surface area contributed by atoms with E-state index in [1.165, 1.54) is 11.8 Å². The molecule has 0 saturated heterocycles. The van der Waals surface area contributed by atoms with Gasteiger partial charge in [-0.05, 0) is 17.5 Å². The summed E-state index contributed by atoms with van der Waals surface area (Å²) in [6.07, 6.45) is 1.98. The molecule has 25 heavy (non-hydrogen) atoms. The van der Waals surface area contributed by atoms with Crippen LogP contribution >= 0.6 is 34.8 Å². The number of esters is 1. The number of hydrogen-bond acceptors (Lipinski definition) is 4. The topological polar surface area (TPSA) is 59.5 Å². The summed E-state index contributed by atoms with van der Waals surface area (Å²) in [5, 5.41) is 0.0500. The van der Waals surface area contributed by atoms with Crippen LogP contribution in [-0.2, 0) is 22.5 Å². The number of aromatic nitrogens is 1. The van der Waals surface area contributed by atoms with Gasteiger partial charge < -0.3 is 9.64 Å². The molecule has 1 aromatic carbocycles. The Morgan fingerprint density at radius 3 is 2.60 bits per heavy atom. The SMILES string of the molecule is O=C(OCC(=O)N1CCc2ccccc2C1)c1ncc(Cl)c(Cl)c1Cl. The van der Waals surface area contributed by atoms with Crippen molar-refractivity contribution in [3.63, 3.8) is 0 Å². The summed E-state index contributed by atoms with van der Waals surface area (Å²) in [7, 11) is 0. The molecule has 0 aliphatic carbocycles. The van der Waals surface area contributed by atoms with Gasteiger partial charge in [-0.15, -0.1) is 0 Å². The van der Waals surface area contributed by atoms with E-state index in [4.69, 9.17) is 39.5 Å². The lowest BCUT2D eigenvalue weighted by Gasteiger charge is -2.28. The molecule has 1 aromatic heterocycles. The number of fused-ring (bicyclic) bond motifs is 1. The monoisotopic (exact) mass is 398 g/mol. The first-order valence-electron chi connectivity index (χ1n) is 7.48. The van der Waals surface area contributed by atoms with Gasteiger partial charge >= 0.3 is 5.97 Å². The molecule has 3 rings (SSSR count). The maximum Gasteiger partial charge on any atom is 0.359 e. The van der Waals surface area contributed by atoms with Crippen LogP contribution in [0.15, 0.2) is 30.5 Å². The van der Waals surface area contributed by atoms with Crippen LogP contribution in [0.3, 0.4) is 0 Å². The molecule has 0 N–H and O–H groups in total. The van der Waals surface area contributed by atoms with Gasteiger partial charge in [0.1, 0.15) is 0 Å². The lowest BCUT2D eigenvalue weighted by molar-refractivity contribution is -0.135. The summed E-state index contributed by atoms with van der Waals surface area (Å²) >= 11 is 17.6. The van der Waals surface area contributed by atoms with Crippen LogP contribution in [0.25, 0.3) is 0 Å². The fraction of sp³-hybridized carbons (Fsp3) is 0.235. The summed E-state index contributed by atoms with van der Waals surface area (Å²) in [6.45, 7) is 0.691. The molecule has 0 radical (unpaired) electrons. The second kappa shape index (κ2) is 7.60. The number of carbonyl (C=O) groups excluding carboxylic acids is 2. The van der Waals surface area contributed by atoms with E-state index in [1.54, 1.807) is 4.90 Å². The number of hydrogen-bond donors (Lipinski definition) is 0. The summed E-state index contributed by atoms with van der Waals surface area (Å²) in [5.41, 5.74) is 2.16. The second-order valence-corrected chi connectivity index (χ2v) is 6.66. The zero-order valence-corrected chi connectivity index (χ0v) is 15.2. The van der Waals surface area contributed by atoms with E-state index in [-0.39, 0.29) is 33.3 Å². The highest BCUT2D eigenvalue weighted by Crippen LogP contribution is 2.31. The fourth-order valence-corrected chi connectivity index (χ4v) is 3.14. The van der Waals surface area contributed by atoms with E-state index in [0.717, 1.165) is 12.0 Å².